The van der Waals surface area contributed by atoms with Crippen molar-refractivity contribution < 1.29 is 13.2 Å². The van der Waals surface area contributed by atoms with Gasteiger partial charge in [0.1, 0.15) is 0 Å². The molecule has 0 saturated heterocycles. The highest BCUT2D eigenvalue weighted by atomic mass is 32.2. The Morgan fingerprint density at radius 3 is 1.81 bits per heavy atom. The van der Waals surface area contributed by atoms with E-state index in [0.29, 0.717) is 17.9 Å². The average Bonchev–Trinajstić information content (AvgIpc) is 2.28. The van der Waals surface area contributed by atoms with Crippen LogP contribution in [0.4, 0.5) is 18.9 Å². The van der Waals surface area contributed by atoms with Crippen molar-refractivity contribution in [3.63, 3.8) is 0 Å². The van der Waals surface area contributed by atoms with Gasteiger partial charge in [0.05, 0.1) is 0 Å². The van der Waals surface area contributed by atoms with Gasteiger partial charge >= 0.3 is 5.51 Å². The first-order valence-electron chi connectivity index (χ1n) is 7.28. The van der Waals surface area contributed by atoms with Gasteiger partial charge in [-0.25, -0.2) is 0 Å². The first-order chi connectivity index (χ1) is 9.65. The van der Waals surface area contributed by atoms with Crippen molar-refractivity contribution in [2.45, 2.75) is 57.0 Å². The summed E-state index contributed by atoms with van der Waals surface area (Å²) in [5.41, 5.74) is -3.35. The van der Waals surface area contributed by atoms with Gasteiger partial charge in [-0.15, -0.1) is 0 Å². The van der Waals surface area contributed by atoms with Crippen LogP contribution in [0, 0.1) is 11.8 Å². The molecule has 120 valence electrons. The number of anilines is 1. The van der Waals surface area contributed by atoms with Crippen LogP contribution in [0.15, 0.2) is 29.2 Å². The molecule has 0 spiro atoms. The summed E-state index contributed by atoms with van der Waals surface area (Å²) in [6.07, 6.45) is 2.11. The van der Waals surface area contributed by atoms with Crippen LogP contribution in [0.1, 0.15) is 40.5 Å². The topological polar surface area (TPSA) is 12.0 Å². The molecule has 0 amide bonds. The number of thioether (sulfide) groups is 1. The van der Waals surface area contributed by atoms with Crippen LogP contribution in [-0.2, 0) is 0 Å². The highest BCUT2D eigenvalue weighted by Gasteiger charge is 2.29. The van der Waals surface area contributed by atoms with Crippen LogP contribution >= 0.6 is 11.8 Å². The van der Waals surface area contributed by atoms with Gasteiger partial charge in [-0.1, -0.05) is 27.7 Å². The Labute approximate surface area is 129 Å². The van der Waals surface area contributed by atoms with Crippen molar-refractivity contribution >= 4 is 17.4 Å². The van der Waals surface area contributed by atoms with E-state index < -0.39 is 5.51 Å². The number of hydrogen-bond acceptors (Lipinski definition) is 2. The van der Waals surface area contributed by atoms with E-state index in [1.54, 1.807) is 12.1 Å². The quantitative estimate of drug-likeness (QED) is 0.603. The SMILES string of the molecule is CC(C)CC(CC(C)C)Nc1ccc(SC(F)(F)F)cc1. The maximum absolute atomic E-state index is 12.3. The molecular formula is C16H24F3NS. The standard InChI is InChI=1S/C16H24F3NS/c1-11(2)9-14(10-12(3)4)20-13-5-7-15(8-6-13)21-16(17,18)19/h5-8,11-12,14,20H,9-10H2,1-4H3. The smallest absolute Gasteiger partial charge is 0.382 e. The Kier molecular flexibility index (Phi) is 6.91. The van der Waals surface area contributed by atoms with Crippen LogP contribution in [0.25, 0.3) is 0 Å². The second-order valence-corrected chi connectivity index (χ2v) is 7.31. The monoisotopic (exact) mass is 319 g/mol. The van der Waals surface area contributed by atoms with Gasteiger partial charge < -0.3 is 5.32 Å². The zero-order chi connectivity index (χ0) is 16.0. The predicted molar refractivity (Wildman–Crippen MR) is 84.7 cm³/mol. The molecule has 0 unspecified atom stereocenters. The largest absolute Gasteiger partial charge is 0.446 e. The molecular weight excluding hydrogens is 295 g/mol. The lowest BCUT2D eigenvalue weighted by Crippen LogP contribution is -2.23. The molecule has 0 aliphatic carbocycles. The summed E-state index contributed by atoms with van der Waals surface area (Å²) in [4.78, 5) is 0.220. The fourth-order valence-corrected chi connectivity index (χ4v) is 2.88. The maximum Gasteiger partial charge on any atom is 0.446 e. The fraction of sp³-hybridized carbons (Fsp3) is 0.625. The third-order valence-corrected chi connectivity index (χ3v) is 3.71. The lowest BCUT2D eigenvalue weighted by Gasteiger charge is -2.23. The molecule has 0 aromatic heterocycles. The number of nitrogens with one attached hydrogen (secondary N) is 1. The molecule has 0 heterocycles. The molecule has 1 nitrogen and oxygen atoms in total. The molecule has 0 radical (unpaired) electrons. The van der Waals surface area contributed by atoms with Gasteiger partial charge in [0.15, 0.2) is 0 Å². The molecule has 0 aliphatic rings. The summed E-state index contributed by atoms with van der Waals surface area (Å²) < 4.78 is 36.9. The van der Waals surface area contributed by atoms with E-state index >= 15 is 0 Å². The molecule has 5 heteroatoms. The van der Waals surface area contributed by atoms with E-state index in [4.69, 9.17) is 0 Å². The molecule has 0 atom stereocenters. The van der Waals surface area contributed by atoms with Gasteiger partial charge in [0.2, 0.25) is 0 Å². The number of alkyl halides is 3. The van der Waals surface area contributed by atoms with E-state index in [1.807, 2.05) is 0 Å². The Morgan fingerprint density at radius 2 is 1.43 bits per heavy atom. The zero-order valence-electron chi connectivity index (χ0n) is 13.0. The van der Waals surface area contributed by atoms with Crippen LogP contribution < -0.4 is 5.32 Å². The second-order valence-electron chi connectivity index (χ2n) is 6.17. The molecule has 1 N–H and O–H groups in total. The van der Waals surface area contributed by atoms with Crippen molar-refractivity contribution in [2.75, 3.05) is 5.32 Å². The molecule has 1 aromatic rings. The minimum atomic E-state index is -4.23. The van der Waals surface area contributed by atoms with Gasteiger partial charge in [-0.2, -0.15) is 13.2 Å². The van der Waals surface area contributed by atoms with E-state index in [2.05, 4.69) is 33.0 Å². The van der Waals surface area contributed by atoms with Crippen LogP contribution in [0.5, 0.6) is 0 Å². The Balaban J connectivity index is 2.66. The summed E-state index contributed by atoms with van der Waals surface area (Å²) in [5, 5.41) is 3.44. The van der Waals surface area contributed by atoms with Gasteiger partial charge in [0, 0.05) is 16.6 Å². The minimum Gasteiger partial charge on any atom is -0.382 e. The lowest BCUT2D eigenvalue weighted by molar-refractivity contribution is -0.0328. The minimum absolute atomic E-state index is 0.0781. The Hall–Kier alpha value is -0.840. The highest BCUT2D eigenvalue weighted by molar-refractivity contribution is 8.00. The fourth-order valence-electron chi connectivity index (χ4n) is 2.34. The van der Waals surface area contributed by atoms with Crippen molar-refractivity contribution in [2.24, 2.45) is 11.8 Å². The van der Waals surface area contributed by atoms with E-state index in [0.717, 1.165) is 18.5 Å². The normalized spacial score (nSPS) is 12.5. The molecule has 0 fully saturated rings. The molecule has 0 bridgehead atoms. The number of hydrogen-bond donors (Lipinski definition) is 1. The van der Waals surface area contributed by atoms with Crippen LogP contribution in [0.2, 0.25) is 0 Å². The second kappa shape index (κ2) is 7.97. The predicted octanol–water partition coefficient (Wildman–Crippen LogP) is 6.17. The summed E-state index contributed by atoms with van der Waals surface area (Å²) >= 11 is -0.0781. The Bertz CT molecular complexity index is 403. The summed E-state index contributed by atoms with van der Waals surface area (Å²) in [6.45, 7) is 8.71. The first kappa shape index (κ1) is 18.2. The van der Waals surface area contributed by atoms with Gasteiger partial charge in [0.25, 0.3) is 0 Å². The number of halogens is 3. The Morgan fingerprint density at radius 1 is 0.952 bits per heavy atom. The number of rotatable bonds is 7. The van der Waals surface area contributed by atoms with Gasteiger partial charge in [-0.05, 0) is 60.7 Å². The number of benzene rings is 1. The summed E-state index contributed by atoms with van der Waals surface area (Å²) in [5.74, 6) is 1.17. The molecule has 0 aliphatic heterocycles. The molecule has 21 heavy (non-hydrogen) atoms. The van der Waals surface area contributed by atoms with E-state index in [1.165, 1.54) is 12.1 Å². The summed E-state index contributed by atoms with van der Waals surface area (Å²) in [6, 6.07) is 6.83. The molecule has 0 saturated carbocycles. The highest BCUT2D eigenvalue weighted by Crippen LogP contribution is 2.37. The van der Waals surface area contributed by atoms with Crippen molar-refractivity contribution in [3.05, 3.63) is 24.3 Å². The van der Waals surface area contributed by atoms with Crippen LogP contribution in [0.3, 0.4) is 0 Å². The third kappa shape index (κ3) is 8.24. The third-order valence-electron chi connectivity index (χ3n) is 2.97. The van der Waals surface area contributed by atoms with E-state index in [9.17, 15) is 13.2 Å². The first-order valence-corrected chi connectivity index (χ1v) is 8.09. The van der Waals surface area contributed by atoms with Crippen molar-refractivity contribution in [1.29, 1.82) is 0 Å². The summed E-state index contributed by atoms with van der Waals surface area (Å²) in [7, 11) is 0. The molecule has 1 rings (SSSR count). The average molecular weight is 319 g/mol. The molecule has 1 aromatic carbocycles. The lowest BCUT2D eigenvalue weighted by atomic mass is 9.95. The zero-order valence-corrected chi connectivity index (χ0v) is 13.8. The van der Waals surface area contributed by atoms with Gasteiger partial charge in [-0.3, -0.25) is 0 Å². The van der Waals surface area contributed by atoms with Crippen molar-refractivity contribution in [1.82, 2.24) is 0 Å². The van der Waals surface area contributed by atoms with Crippen LogP contribution in [-0.4, -0.2) is 11.6 Å². The van der Waals surface area contributed by atoms with E-state index in [-0.39, 0.29) is 16.7 Å². The van der Waals surface area contributed by atoms with Crippen molar-refractivity contribution in [3.8, 4) is 0 Å². The maximum atomic E-state index is 12.3.